The van der Waals surface area contributed by atoms with Crippen molar-refractivity contribution < 1.29 is 4.39 Å². The lowest BCUT2D eigenvalue weighted by Crippen LogP contribution is -2.16. The van der Waals surface area contributed by atoms with Gasteiger partial charge in [-0.25, -0.2) is 9.37 Å². The lowest BCUT2D eigenvalue weighted by molar-refractivity contribution is 0.547. The van der Waals surface area contributed by atoms with Crippen molar-refractivity contribution in [1.82, 2.24) is 9.55 Å². The number of imidazole rings is 1. The summed E-state index contributed by atoms with van der Waals surface area (Å²) in [7, 11) is 0. The lowest BCUT2D eigenvalue weighted by atomic mass is 10.1. The van der Waals surface area contributed by atoms with E-state index in [1.54, 1.807) is 6.07 Å². The van der Waals surface area contributed by atoms with Gasteiger partial charge in [-0.05, 0) is 25.5 Å². The maximum Gasteiger partial charge on any atom is 0.151 e. The number of benzene rings is 1. The first-order valence-corrected chi connectivity index (χ1v) is 6.59. The average Bonchev–Trinajstić information content (AvgIpc) is 2.76. The number of hydrogen-bond donors (Lipinski definition) is 1. The van der Waals surface area contributed by atoms with Gasteiger partial charge in [-0.15, -0.1) is 0 Å². The minimum absolute atomic E-state index is 0.114. The molecule has 0 radical (unpaired) electrons. The SMILES string of the molecule is CCCCC(N)c1nc2c(F)cccc2n1CC. The molecule has 2 rings (SSSR count). The summed E-state index contributed by atoms with van der Waals surface area (Å²) >= 11 is 0. The van der Waals surface area contributed by atoms with Crippen molar-refractivity contribution in [3.8, 4) is 0 Å². The van der Waals surface area contributed by atoms with E-state index in [-0.39, 0.29) is 11.9 Å². The predicted molar refractivity (Wildman–Crippen MR) is 71.8 cm³/mol. The van der Waals surface area contributed by atoms with Gasteiger partial charge in [-0.2, -0.15) is 0 Å². The molecule has 2 aromatic rings. The Morgan fingerprint density at radius 3 is 2.83 bits per heavy atom. The number of aryl methyl sites for hydroxylation is 1. The van der Waals surface area contributed by atoms with Gasteiger partial charge < -0.3 is 10.3 Å². The summed E-state index contributed by atoms with van der Waals surface area (Å²) in [4.78, 5) is 4.40. The van der Waals surface area contributed by atoms with Crippen LogP contribution in [-0.2, 0) is 6.54 Å². The van der Waals surface area contributed by atoms with E-state index in [0.717, 1.165) is 37.1 Å². The molecule has 0 fully saturated rings. The molecule has 0 aliphatic carbocycles. The standard InChI is InChI=1S/C14H20FN3/c1-3-5-8-11(16)14-17-13-10(15)7-6-9-12(13)18(14)4-2/h6-7,9,11H,3-5,8,16H2,1-2H3. The molecule has 98 valence electrons. The highest BCUT2D eigenvalue weighted by Crippen LogP contribution is 2.24. The molecule has 1 heterocycles. The van der Waals surface area contributed by atoms with E-state index in [4.69, 9.17) is 5.73 Å². The van der Waals surface area contributed by atoms with Crippen molar-refractivity contribution in [2.24, 2.45) is 5.73 Å². The highest BCUT2D eigenvalue weighted by molar-refractivity contribution is 5.76. The van der Waals surface area contributed by atoms with Crippen LogP contribution < -0.4 is 5.73 Å². The smallest absolute Gasteiger partial charge is 0.151 e. The fourth-order valence-corrected chi connectivity index (χ4v) is 2.30. The number of halogens is 1. The number of fused-ring (bicyclic) bond motifs is 1. The molecule has 18 heavy (non-hydrogen) atoms. The first kappa shape index (κ1) is 13.0. The summed E-state index contributed by atoms with van der Waals surface area (Å²) in [6, 6.07) is 4.94. The second-order valence-electron chi connectivity index (χ2n) is 4.57. The molecule has 0 spiro atoms. The molecule has 0 bridgehead atoms. The van der Waals surface area contributed by atoms with Gasteiger partial charge in [0.25, 0.3) is 0 Å². The van der Waals surface area contributed by atoms with Gasteiger partial charge in [0, 0.05) is 6.54 Å². The highest BCUT2D eigenvalue weighted by atomic mass is 19.1. The summed E-state index contributed by atoms with van der Waals surface area (Å²) in [5, 5.41) is 0. The summed E-state index contributed by atoms with van der Waals surface area (Å²) in [5.74, 6) is 0.523. The zero-order valence-electron chi connectivity index (χ0n) is 11.0. The zero-order chi connectivity index (χ0) is 13.1. The van der Waals surface area contributed by atoms with Crippen LogP contribution >= 0.6 is 0 Å². The van der Waals surface area contributed by atoms with E-state index in [0.29, 0.717) is 5.52 Å². The van der Waals surface area contributed by atoms with Crippen LogP contribution in [0.15, 0.2) is 18.2 Å². The van der Waals surface area contributed by atoms with Gasteiger partial charge in [0.2, 0.25) is 0 Å². The second kappa shape index (κ2) is 5.48. The Labute approximate surface area is 107 Å². The topological polar surface area (TPSA) is 43.8 Å². The van der Waals surface area contributed by atoms with E-state index in [1.165, 1.54) is 6.07 Å². The second-order valence-corrected chi connectivity index (χ2v) is 4.57. The van der Waals surface area contributed by atoms with E-state index in [2.05, 4.69) is 11.9 Å². The number of unbranched alkanes of at least 4 members (excludes halogenated alkanes) is 1. The molecule has 1 unspecified atom stereocenters. The summed E-state index contributed by atoms with van der Waals surface area (Å²) < 4.78 is 15.7. The lowest BCUT2D eigenvalue weighted by Gasteiger charge is -2.12. The monoisotopic (exact) mass is 249 g/mol. The molecule has 0 aliphatic heterocycles. The first-order chi connectivity index (χ1) is 8.69. The molecule has 1 atom stereocenters. The number of aromatic nitrogens is 2. The minimum atomic E-state index is -0.274. The van der Waals surface area contributed by atoms with Gasteiger partial charge >= 0.3 is 0 Å². The van der Waals surface area contributed by atoms with Crippen LogP contribution in [0.1, 0.15) is 45.0 Å². The number of rotatable bonds is 5. The van der Waals surface area contributed by atoms with Crippen molar-refractivity contribution in [3.05, 3.63) is 29.8 Å². The molecule has 1 aromatic carbocycles. The van der Waals surface area contributed by atoms with Crippen LogP contribution in [-0.4, -0.2) is 9.55 Å². The number of para-hydroxylation sites is 1. The maximum atomic E-state index is 13.7. The molecular weight excluding hydrogens is 229 g/mol. The first-order valence-electron chi connectivity index (χ1n) is 6.59. The Hall–Kier alpha value is -1.42. The predicted octanol–water partition coefficient (Wildman–Crippen LogP) is 3.39. The normalized spacial score (nSPS) is 13.1. The van der Waals surface area contributed by atoms with Crippen LogP contribution in [0.5, 0.6) is 0 Å². The molecule has 2 N–H and O–H groups in total. The van der Waals surface area contributed by atoms with Crippen molar-refractivity contribution in [2.45, 2.75) is 45.7 Å². The van der Waals surface area contributed by atoms with Crippen molar-refractivity contribution in [2.75, 3.05) is 0 Å². The molecular formula is C14H20FN3. The molecule has 1 aromatic heterocycles. The quantitative estimate of drug-likeness (QED) is 0.882. The van der Waals surface area contributed by atoms with E-state index in [1.807, 2.05) is 17.6 Å². The molecule has 4 heteroatoms. The van der Waals surface area contributed by atoms with Gasteiger partial charge in [-0.3, -0.25) is 0 Å². The average molecular weight is 249 g/mol. The molecule has 0 amide bonds. The van der Waals surface area contributed by atoms with Crippen LogP contribution in [0.4, 0.5) is 4.39 Å². The summed E-state index contributed by atoms with van der Waals surface area (Å²) in [6.45, 7) is 4.92. The third kappa shape index (κ3) is 2.25. The van der Waals surface area contributed by atoms with Gasteiger partial charge in [0.1, 0.15) is 11.3 Å². The van der Waals surface area contributed by atoms with Crippen LogP contribution in [0.25, 0.3) is 11.0 Å². The fourth-order valence-electron chi connectivity index (χ4n) is 2.30. The maximum absolute atomic E-state index is 13.7. The van der Waals surface area contributed by atoms with E-state index >= 15 is 0 Å². The Balaban J connectivity index is 2.46. The zero-order valence-corrected chi connectivity index (χ0v) is 11.0. The Bertz CT molecular complexity index is 533. The Kier molecular flexibility index (Phi) is 3.97. The fraction of sp³-hybridized carbons (Fsp3) is 0.500. The Morgan fingerprint density at radius 1 is 1.39 bits per heavy atom. The van der Waals surface area contributed by atoms with Crippen LogP contribution in [0.2, 0.25) is 0 Å². The molecule has 0 saturated heterocycles. The largest absolute Gasteiger partial charge is 0.327 e. The van der Waals surface area contributed by atoms with E-state index in [9.17, 15) is 4.39 Å². The van der Waals surface area contributed by atoms with Crippen molar-refractivity contribution >= 4 is 11.0 Å². The summed E-state index contributed by atoms with van der Waals surface area (Å²) in [5.41, 5.74) is 7.43. The van der Waals surface area contributed by atoms with Gasteiger partial charge in [-0.1, -0.05) is 25.8 Å². The molecule has 3 nitrogen and oxygen atoms in total. The van der Waals surface area contributed by atoms with Crippen molar-refractivity contribution in [3.63, 3.8) is 0 Å². The molecule has 0 aliphatic rings. The number of nitrogens with two attached hydrogens (primary N) is 1. The molecule has 0 saturated carbocycles. The number of hydrogen-bond acceptors (Lipinski definition) is 2. The van der Waals surface area contributed by atoms with Gasteiger partial charge in [0.05, 0.1) is 11.6 Å². The third-order valence-electron chi connectivity index (χ3n) is 3.28. The van der Waals surface area contributed by atoms with E-state index < -0.39 is 0 Å². The highest BCUT2D eigenvalue weighted by Gasteiger charge is 2.17. The van der Waals surface area contributed by atoms with Crippen LogP contribution in [0.3, 0.4) is 0 Å². The van der Waals surface area contributed by atoms with Gasteiger partial charge in [0.15, 0.2) is 5.82 Å². The minimum Gasteiger partial charge on any atom is -0.327 e. The number of nitrogens with zero attached hydrogens (tertiary/aromatic N) is 2. The van der Waals surface area contributed by atoms with Crippen LogP contribution in [0, 0.1) is 5.82 Å². The Morgan fingerprint density at radius 2 is 2.17 bits per heavy atom. The summed E-state index contributed by atoms with van der Waals surface area (Å²) in [6.07, 6.45) is 3.06. The third-order valence-corrected chi connectivity index (χ3v) is 3.28. The van der Waals surface area contributed by atoms with Crippen molar-refractivity contribution in [1.29, 1.82) is 0 Å².